The van der Waals surface area contributed by atoms with Gasteiger partial charge >= 0.3 is 0 Å². The minimum Gasteiger partial charge on any atom is -0.369 e. The van der Waals surface area contributed by atoms with E-state index < -0.39 is 0 Å². The molecule has 0 aliphatic carbocycles. The first-order valence-corrected chi connectivity index (χ1v) is 7.09. The average Bonchev–Trinajstić information content (AvgIpc) is 2.43. The molecule has 102 valence electrons. The summed E-state index contributed by atoms with van der Waals surface area (Å²) in [5.41, 5.74) is 4.17. The topological polar surface area (TPSA) is 10.8 Å². The van der Waals surface area contributed by atoms with Gasteiger partial charge in [-0.05, 0) is 31.0 Å². The highest BCUT2D eigenvalue weighted by Crippen LogP contribution is 2.23. The molecule has 0 radical (unpaired) electrons. The monoisotopic (exact) mass is 257 g/mol. The van der Waals surface area contributed by atoms with Gasteiger partial charge in [0.25, 0.3) is 0 Å². The van der Waals surface area contributed by atoms with E-state index >= 15 is 0 Å². The SMILES string of the molecule is [C-]#[N+]CCCN1CCN(c2cccc(C)c2C)CC1. The lowest BCUT2D eigenvalue weighted by atomic mass is 10.1. The lowest BCUT2D eigenvalue weighted by Crippen LogP contribution is -2.47. The third kappa shape index (κ3) is 3.48. The Morgan fingerprint density at radius 1 is 1.16 bits per heavy atom. The Bertz CT molecular complexity index is 454. The fourth-order valence-electron chi connectivity index (χ4n) is 2.66. The van der Waals surface area contributed by atoms with Gasteiger partial charge in [-0.15, -0.1) is 0 Å². The first-order chi connectivity index (χ1) is 9.22. The molecule has 2 rings (SSSR count). The van der Waals surface area contributed by atoms with Crippen LogP contribution in [0, 0.1) is 20.4 Å². The molecular formula is C16H23N3. The lowest BCUT2D eigenvalue weighted by molar-refractivity contribution is 0.258. The Morgan fingerprint density at radius 2 is 1.89 bits per heavy atom. The van der Waals surface area contributed by atoms with Crippen LogP contribution in [-0.4, -0.2) is 44.2 Å². The van der Waals surface area contributed by atoms with Crippen LogP contribution in [0.15, 0.2) is 18.2 Å². The summed E-state index contributed by atoms with van der Waals surface area (Å²) in [5.74, 6) is 0. The minimum atomic E-state index is 0.664. The molecule has 1 aromatic rings. The van der Waals surface area contributed by atoms with Crippen molar-refractivity contribution >= 4 is 5.69 Å². The second-order valence-electron chi connectivity index (χ2n) is 5.28. The van der Waals surface area contributed by atoms with Gasteiger partial charge in [0.1, 0.15) is 0 Å². The van der Waals surface area contributed by atoms with Crippen LogP contribution in [0.25, 0.3) is 4.85 Å². The van der Waals surface area contributed by atoms with Gasteiger partial charge < -0.3 is 9.74 Å². The molecule has 1 saturated heterocycles. The van der Waals surface area contributed by atoms with Gasteiger partial charge in [-0.1, -0.05) is 12.1 Å². The number of hydrogen-bond donors (Lipinski definition) is 0. The fourth-order valence-corrected chi connectivity index (χ4v) is 2.66. The van der Waals surface area contributed by atoms with E-state index in [4.69, 9.17) is 6.57 Å². The summed E-state index contributed by atoms with van der Waals surface area (Å²) >= 11 is 0. The first kappa shape index (κ1) is 13.9. The maximum absolute atomic E-state index is 6.81. The van der Waals surface area contributed by atoms with Crippen LogP contribution in [0.1, 0.15) is 17.5 Å². The van der Waals surface area contributed by atoms with Crippen LogP contribution in [-0.2, 0) is 0 Å². The Hall–Kier alpha value is -1.53. The molecule has 0 atom stereocenters. The molecule has 0 saturated carbocycles. The van der Waals surface area contributed by atoms with E-state index in [-0.39, 0.29) is 0 Å². The van der Waals surface area contributed by atoms with Gasteiger partial charge in [-0.25, -0.2) is 6.57 Å². The Kier molecular flexibility index (Phi) is 4.81. The Balaban J connectivity index is 1.89. The van der Waals surface area contributed by atoms with Crippen LogP contribution in [0.2, 0.25) is 0 Å². The van der Waals surface area contributed by atoms with Crippen molar-refractivity contribution in [2.45, 2.75) is 20.3 Å². The summed E-state index contributed by atoms with van der Waals surface area (Å²) in [6, 6.07) is 6.57. The predicted octanol–water partition coefficient (Wildman–Crippen LogP) is 2.73. The molecular weight excluding hydrogens is 234 g/mol. The Morgan fingerprint density at radius 3 is 2.58 bits per heavy atom. The van der Waals surface area contributed by atoms with Gasteiger partial charge in [0, 0.05) is 44.8 Å². The van der Waals surface area contributed by atoms with Gasteiger partial charge in [-0.3, -0.25) is 4.90 Å². The molecule has 1 heterocycles. The molecule has 3 nitrogen and oxygen atoms in total. The fraction of sp³-hybridized carbons (Fsp3) is 0.562. The number of nitrogens with zero attached hydrogens (tertiary/aromatic N) is 3. The quantitative estimate of drug-likeness (QED) is 0.607. The van der Waals surface area contributed by atoms with E-state index in [0.29, 0.717) is 6.54 Å². The van der Waals surface area contributed by atoms with Crippen molar-refractivity contribution in [3.63, 3.8) is 0 Å². The van der Waals surface area contributed by atoms with Crippen molar-refractivity contribution in [3.8, 4) is 0 Å². The molecule has 0 N–H and O–H groups in total. The maximum Gasteiger partial charge on any atom is 0.215 e. The van der Waals surface area contributed by atoms with Crippen LogP contribution < -0.4 is 4.90 Å². The molecule has 0 aromatic heterocycles. The largest absolute Gasteiger partial charge is 0.369 e. The summed E-state index contributed by atoms with van der Waals surface area (Å²) < 4.78 is 0. The number of benzene rings is 1. The van der Waals surface area contributed by atoms with E-state index in [9.17, 15) is 0 Å². The highest BCUT2D eigenvalue weighted by Gasteiger charge is 2.18. The normalized spacial score (nSPS) is 16.4. The van der Waals surface area contributed by atoms with Crippen LogP contribution in [0.3, 0.4) is 0 Å². The first-order valence-electron chi connectivity index (χ1n) is 7.09. The van der Waals surface area contributed by atoms with Crippen molar-refractivity contribution in [3.05, 3.63) is 40.7 Å². The number of hydrogen-bond acceptors (Lipinski definition) is 2. The molecule has 0 bridgehead atoms. The van der Waals surface area contributed by atoms with Crippen LogP contribution in [0.4, 0.5) is 5.69 Å². The number of piperazine rings is 1. The summed E-state index contributed by atoms with van der Waals surface area (Å²) in [7, 11) is 0. The smallest absolute Gasteiger partial charge is 0.215 e. The summed E-state index contributed by atoms with van der Waals surface area (Å²) in [4.78, 5) is 8.39. The third-order valence-corrected chi connectivity index (χ3v) is 4.03. The maximum atomic E-state index is 6.81. The van der Waals surface area contributed by atoms with E-state index in [2.05, 4.69) is 46.7 Å². The van der Waals surface area contributed by atoms with E-state index in [0.717, 1.165) is 39.1 Å². The summed E-state index contributed by atoms with van der Waals surface area (Å²) in [5, 5.41) is 0. The molecule has 3 heteroatoms. The average molecular weight is 257 g/mol. The minimum absolute atomic E-state index is 0.664. The molecule has 1 aromatic carbocycles. The lowest BCUT2D eigenvalue weighted by Gasteiger charge is -2.36. The zero-order valence-electron chi connectivity index (χ0n) is 12.0. The third-order valence-electron chi connectivity index (χ3n) is 4.03. The summed E-state index contributed by atoms with van der Waals surface area (Å²) in [6.45, 7) is 17.4. The summed E-state index contributed by atoms with van der Waals surface area (Å²) in [6.07, 6.45) is 1.01. The van der Waals surface area contributed by atoms with Crippen molar-refractivity contribution in [2.75, 3.05) is 44.2 Å². The van der Waals surface area contributed by atoms with Crippen molar-refractivity contribution in [1.82, 2.24) is 4.90 Å². The van der Waals surface area contributed by atoms with Gasteiger partial charge in [0.15, 0.2) is 0 Å². The molecule has 1 aliphatic heterocycles. The molecule has 0 amide bonds. The van der Waals surface area contributed by atoms with E-state index in [1.54, 1.807) is 0 Å². The van der Waals surface area contributed by atoms with Crippen molar-refractivity contribution < 1.29 is 0 Å². The van der Waals surface area contributed by atoms with E-state index in [1.807, 2.05) is 0 Å². The van der Waals surface area contributed by atoms with Crippen LogP contribution >= 0.6 is 0 Å². The standard InChI is InChI=1S/C16H23N3/c1-14-6-4-7-16(15(14)2)19-12-10-18(11-13-19)9-5-8-17-3/h4,6-7H,5,8-13H2,1-2H3. The highest BCUT2D eigenvalue weighted by molar-refractivity contribution is 5.56. The molecule has 0 unspecified atom stereocenters. The highest BCUT2D eigenvalue weighted by atomic mass is 15.3. The number of aryl methyl sites for hydroxylation is 1. The second kappa shape index (κ2) is 6.58. The van der Waals surface area contributed by atoms with E-state index in [1.165, 1.54) is 16.8 Å². The molecule has 0 spiro atoms. The molecule has 1 fully saturated rings. The Labute approximate surface area is 116 Å². The molecule has 19 heavy (non-hydrogen) atoms. The van der Waals surface area contributed by atoms with Crippen LogP contribution in [0.5, 0.6) is 0 Å². The number of anilines is 1. The van der Waals surface area contributed by atoms with Crippen molar-refractivity contribution in [1.29, 1.82) is 0 Å². The second-order valence-corrected chi connectivity index (χ2v) is 5.28. The number of rotatable bonds is 4. The van der Waals surface area contributed by atoms with Gasteiger partial charge in [-0.2, -0.15) is 0 Å². The van der Waals surface area contributed by atoms with Gasteiger partial charge in [0.2, 0.25) is 6.54 Å². The molecule has 1 aliphatic rings. The zero-order chi connectivity index (χ0) is 13.7. The van der Waals surface area contributed by atoms with Gasteiger partial charge in [0.05, 0.1) is 0 Å². The van der Waals surface area contributed by atoms with Crippen molar-refractivity contribution in [2.24, 2.45) is 0 Å². The predicted molar refractivity (Wildman–Crippen MR) is 80.7 cm³/mol. The zero-order valence-corrected chi connectivity index (χ0v) is 12.0.